The molecule has 0 aliphatic carbocycles. The van der Waals surface area contributed by atoms with Crippen LogP contribution in [0.5, 0.6) is 0 Å². The summed E-state index contributed by atoms with van der Waals surface area (Å²) in [5.74, 6) is 0.0876. The molecule has 1 aromatic heterocycles. The second-order valence-corrected chi connectivity index (χ2v) is 3.93. The number of amides is 1. The Kier molecular flexibility index (Phi) is 3.03. The van der Waals surface area contributed by atoms with E-state index in [2.05, 4.69) is 17.1 Å². The van der Waals surface area contributed by atoms with E-state index in [4.69, 9.17) is 0 Å². The van der Waals surface area contributed by atoms with Crippen LogP contribution in [-0.4, -0.2) is 33.0 Å². The number of aromatic nitrogens is 2. The van der Waals surface area contributed by atoms with E-state index in [9.17, 15) is 4.79 Å². The molecule has 16 heavy (non-hydrogen) atoms. The van der Waals surface area contributed by atoms with Crippen LogP contribution in [0.1, 0.15) is 31.9 Å². The van der Waals surface area contributed by atoms with Crippen LogP contribution in [0.15, 0.2) is 17.4 Å². The van der Waals surface area contributed by atoms with Crippen molar-refractivity contribution in [3.8, 4) is 0 Å². The van der Waals surface area contributed by atoms with Crippen LogP contribution in [-0.2, 0) is 11.8 Å². The first-order chi connectivity index (χ1) is 7.72. The van der Waals surface area contributed by atoms with Crippen molar-refractivity contribution in [2.24, 2.45) is 12.1 Å². The van der Waals surface area contributed by atoms with E-state index in [1.807, 2.05) is 13.1 Å². The van der Waals surface area contributed by atoms with Gasteiger partial charge in [0.2, 0.25) is 5.91 Å². The molecule has 0 aromatic carbocycles. The van der Waals surface area contributed by atoms with Crippen LogP contribution in [0.3, 0.4) is 0 Å². The summed E-state index contributed by atoms with van der Waals surface area (Å²) >= 11 is 0. The Morgan fingerprint density at radius 1 is 1.50 bits per heavy atom. The molecule has 0 atom stereocenters. The van der Waals surface area contributed by atoms with Gasteiger partial charge in [-0.15, -0.1) is 0 Å². The van der Waals surface area contributed by atoms with Crippen molar-refractivity contribution in [3.63, 3.8) is 0 Å². The molecular formula is C11H16N4O. The normalized spacial score (nSPS) is 15.8. The average molecular weight is 220 g/mol. The van der Waals surface area contributed by atoms with E-state index >= 15 is 0 Å². The Morgan fingerprint density at radius 3 is 2.94 bits per heavy atom. The van der Waals surface area contributed by atoms with Gasteiger partial charge >= 0.3 is 0 Å². The summed E-state index contributed by atoms with van der Waals surface area (Å²) in [5.41, 5.74) is 1.74. The molecule has 1 amide bonds. The molecule has 2 rings (SSSR count). The van der Waals surface area contributed by atoms with Crippen molar-refractivity contribution in [1.29, 1.82) is 0 Å². The highest BCUT2D eigenvalue weighted by atomic mass is 16.2. The molecule has 0 saturated carbocycles. The van der Waals surface area contributed by atoms with Crippen molar-refractivity contribution in [2.75, 3.05) is 6.54 Å². The standard InChI is InChI=1S/C11H16N4O/c1-3-4-7-15-11(16)8-9(13-15)10-5-6-12-14(10)2/h5-6H,3-4,7-8H2,1-2H3. The highest BCUT2D eigenvalue weighted by molar-refractivity contribution is 6.12. The predicted octanol–water partition coefficient (Wildman–Crippen LogP) is 1.16. The second kappa shape index (κ2) is 4.47. The number of carbonyl (C=O) groups is 1. The third kappa shape index (κ3) is 1.98. The van der Waals surface area contributed by atoms with Gasteiger partial charge in [-0.2, -0.15) is 10.2 Å². The fourth-order valence-corrected chi connectivity index (χ4v) is 1.75. The first-order valence-corrected chi connectivity index (χ1v) is 5.58. The molecule has 5 nitrogen and oxygen atoms in total. The molecule has 2 heterocycles. The number of hydrogen-bond acceptors (Lipinski definition) is 3. The molecular weight excluding hydrogens is 204 g/mol. The van der Waals surface area contributed by atoms with Crippen LogP contribution in [0.25, 0.3) is 0 Å². The molecule has 0 N–H and O–H groups in total. The Morgan fingerprint density at radius 2 is 2.31 bits per heavy atom. The van der Waals surface area contributed by atoms with E-state index in [0.717, 1.165) is 30.8 Å². The summed E-state index contributed by atoms with van der Waals surface area (Å²) in [7, 11) is 1.86. The summed E-state index contributed by atoms with van der Waals surface area (Å²) < 4.78 is 1.75. The molecule has 0 saturated heterocycles. The quantitative estimate of drug-likeness (QED) is 0.764. The van der Waals surface area contributed by atoms with Crippen LogP contribution < -0.4 is 0 Å². The smallest absolute Gasteiger partial charge is 0.248 e. The lowest BCUT2D eigenvalue weighted by Gasteiger charge is -2.09. The highest BCUT2D eigenvalue weighted by Gasteiger charge is 2.25. The van der Waals surface area contributed by atoms with Crippen molar-refractivity contribution in [3.05, 3.63) is 18.0 Å². The number of hydrogen-bond donors (Lipinski definition) is 0. The van der Waals surface area contributed by atoms with Crippen LogP contribution in [0, 0.1) is 0 Å². The summed E-state index contributed by atoms with van der Waals surface area (Å²) in [5, 5.41) is 10.0. The van der Waals surface area contributed by atoms with Gasteiger partial charge in [-0.1, -0.05) is 13.3 Å². The molecule has 0 fully saturated rings. The summed E-state index contributed by atoms with van der Waals surface area (Å²) in [6.07, 6.45) is 4.18. The van der Waals surface area contributed by atoms with Gasteiger partial charge in [0.1, 0.15) is 0 Å². The second-order valence-electron chi connectivity index (χ2n) is 3.93. The zero-order valence-corrected chi connectivity index (χ0v) is 9.68. The fourth-order valence-electron chi connectivity index (χ4n) is 1.75. The van der Waals surface area contributed by atoms with Gasteiger partial charge in [-0.05, 0) is 12.5 Å². The van der Waals surface area contributed by atoms with E-state index in [-0.39, 0.29) is 5.91 Å². The van der Waals surface area contributed by atoms with Crippen LogP contribution >= 0.6 is 0 Å². The van der Waals surface area contributed by atoms with Crippen LogP contribution in [0.4, 0.5) is 0 Å². The van der Waals surface area contributed by atoms with Crippen molar-refractivity contribution in [1.82, 2.24) is 14.8 Å². The molecule has 5 heteroatoms. The molecule has 1 aromatic rings. The first kappa shape index (κ1) is 10.9. The topological polar surface area (TPSA) is 50.5 Å². The minimum atomic E-state index is 0.0876. The van der Waals surface area contributed by atoms with Gasteiger partial charge in [0.25, 0.3) is 0 Å². The number of aryl methyl sites for hydroxylation is 1. The largest absolute Gasteiger partial charge is 0.273 e. The maximum atomic E-state index is 11.7. The van der Waals surface area contributed by atoms with Gasteiger partial charge in [0, 0.05) is 19.8 Å². The van der Waals surface area contributed by atoms with Gasteiger partial charge in [0.15, 0.2) is 0 Å². The van der Waals surface area contributed by atoms with Gasteiger partial charge in [-0.25, -0.2) is 5.01 Å². The van der Waals surface area contributed by atoms with Crippen molar-refractivity contribution in [2.45, 2.75) is 26.2 Å². The molecule has 0 bridgehead atoms. The minimum Gasteiger partial charge on any atom is -0.273 e. The number of nitrogens with zero attached hydrogens (tertiary/aromatic N) is 4. The monoisotopic (exact) mass is 220 g/mol. The maximum absolute atomic E-state index is 11.7. The maximum Gasteiger partial charge on any atom is 0.248 e. The number of rotatable bonds is 4. The number of unbranched alkanes of at least 4 members (excludes halogenated alkanes) is 1. The lowest BCUT2D eigenvalue weighted by molar-refractivity contribution is -0.128. The lowest BCUT2D eigenvalue weighted by atomic mass is 10.2. The summed E-state index contributed by atoms with van der Waals surface area (Å²) in [4.78, 5) is 11.7. The highest BCUT2D eigenvalue weighted by Crippen LogP contribution is 2.14. The Labute approximate surface area is 94.7 Å². The minimum absolute atomic E-state index is 0.0876. The summed E-state index contributed by atoms with van der Waals surface area (Å²) in [6.45, 7) is 2.82. The Balaban J connectivity index is 2.13. The van der Waals surface area contributed by atoms with Crippen molar-refractivity contribution < 1.29 is 4.79 Å². The number of carbonyl (C=O) groups excluding carboxylic acids is 1. The van der Waals surface area contributed by atoms with Gasteiger partial charge in [-0.3, -0.25) is 9.48 Å². The molecule has 0 radical (unpaired) electrons. The lowest BCUT2D eigenvalue weighted by Crippen LogP contribution is -2.21. The third-order valence-corrected chi connectivity index (χ3v) is 2.69. The zero-order valence-electron chi connectivity index (χ0n) is 9.68. The number of hydrazone groups is 1. The Bertz CT molecular complexity index is 421. The third-order valence-electron chi connectivity index (χ3n) is 2.69. The molecule has 1 aliphatic heterocycles. The van der Waals surface area contributed by atoms with Gasteiger partial charge in [0.05, 0.1) is 17.8 Å². The van der Waals surface area contributed by atoms with Crippen LogP contribution in [0.2, 0.25) is 0 Å². The molecule has 1 aliphatic rings. The molecule has 0 spiro atoms. The average Bonchev–Trinajstić information content (AvgIpc) is 2.82. The van der Waals surface area contributed by atoms with E-state index < -0.39 is 0 Å². The predicted molar refractivity (Wildman–Crippen MR) is 61.0 cm³/mol. The van der Waals surface area contributed by atoms with E-state index in [1.54, 1.807) is 15.9 Å². The first-order valence-electron chi connectivity index (χ1n) is 5.58. The van der Waals surface area contributed by atoms with E-state index in [0.29, 0.717) is 6.42 Å². The molecule has 86 valence electrons. The van der Waals surface area contributed by atoms with Crippen molar-refractivity contribution >= 4 is 11.6 Å². The van der Waals surface area contributed by atoms with E-state index in [1.165, 1.54) is 0 Å². The Hall–Kier alpha value is -1.65. The molecule has 0 unspecified atom stereocenters. The van der Waals surface area contributed by atoms with Gasteiger partial charge < -0.3 is 0 Å². The SMILES string of the molecule is CCCCN1N=C(c2ccnn2C)CC1=O. The zero-order chi connectivity index (χ0) is 11.5. The fraction of sp³-hybridized carbons (Fsp3) is 0.545. The summed E-state index contributed by atoms with van der Waals surface area (Å²) in [6, 6.07) is 1.88.